The summed E-state index contributed by atoms with van der Waals surface area (Å²) in [7, 11) is 0. The number of benzene rings is 1. The Morgan fingerprint density at radius 3 is 3.07 bits per heavy atom. The molecule has 27 heavy (non-hydrogen) atoms. The molecule has 0 fully saturated rings. The van der Waals surface area contributed by atoms with Crippen molar-refractivity contribution in [2.24, 2.45) is 0 Å². The molecule has 3 aromatic rings. The minimum Gasteiger partial charge on any atom is -0.361 e. The molecule has 1 aromatic carbocycles. The number of ketones is 1. The average molecular weight is 397 g/mol. The van der Waals surface area contributed by atoms with Gasteiger partial charge in [-0.15, -0.1) is 23.1 Å². The molecule has 0 aliphatic carbocycles. The van der Waals surface area contributed by atoms with Crippen molar-refractivity contribution in [2.75, 3.05) is 12.8 Å². The van der Waals surface area contributed by atoms with Crippen LogP contribution < -0.4 is 5.32 Å². The van der Waals surface area contributed by atoms with E-state index in [1.54, 1.807) is 23.1 Å². The monoisotopic (exact) mass is 396 g/mol. The fourth-order valence-corrected chi connectivity index (χ4v) is 4.93. The van der Waals surface area contributed by atoms with Gasteiger partial charge >= 0.3 is 0 Å². The number of fused-ring (bicyclic) bond motifs is 1. The predicted molar refractivity (Wildman–Crippen MR) is 117 cm³/mol. The molecule has 140 valence electrons. The van der Waals surface area contributed by atoms with Crippen LogP contribution in [-0.4, -0.2) is 29.6 Å². The Bertz CT molecular complexity index is 956. The number of aromatic nitrogens is 1. The first kappa shape index (κ1) is 18.5. The number of H-pyrrole nitrogens is 1. The van der Waals surface area contributed by atoms with E-state index in [2.05, 4.69) is 64.5 Å². The lowest BCUT2D eigenvalue weighted by Crippen LogP contribution is -2.39. The Kier molecular flexibility index (Phi) is 5.81. The molecule has 3 heterocycles. The van der Waals surface area contributed by atoms with Gasteiger partial charge in [-0.05, 0) is 66.3 Å². The predicted octanol–water partition coefficient (Wildman–Crippen LogP) is 5.29. The van der Waals surface area contributed by atoms with Crippen molar-refractivity contribution in [3.63, 3.8) is 0 Å². The smallest absolute Gasteiger partial charge is 0.150 e. The molecular weight excluding hydrogens is 372 g/mol. The number of carbonyl (C=O) groups excluding carboxylic acids is 1. The zero-order valence-corrected chi connectivity index (χ0v) is 17.1. The molecule has 1 unspecified atom stereocenters. The minimum atomic E-state index is -0.0434. The molecule has 2 aromatic heterocycles. The van der Waals surface area contributed by atoms with Crippen LogP contribution in [0.5, 0.6) is 0 Å². The van der Waals surface area contributed by atoms with Crippen molar-refractivity contribution in [1.82, 2.24) is 10.3 Å². The average Bonchev–Trinajstić information content (AvgIpc) is 3.38. The van der Waals surface area contributed by atoms with Gasteiger partial charge in [-0.2, -0.15) is 0 Å². The first-order chi connectivity index (χ1) is 13.2. The number of aryl methyl sites for hydroxylation is 1. The number of hydrogen-bond donors (Lipinski definition) is 2. The maximum absolute atomic E-state index is 12.7. The van der Waals surface area contributed by atoms with E-state index in [4.69, 9.17) is 0 Å². The van der Waals surface area contributed by atoms with Gasteiger partial charge in [0.05, 0.1) is 6.04 Å². The lowest BCUT2D eigenvalue weighted by atomic mass is 9.94. The van der Waals surface area contributed by atoms with Gasteiger partial charge in [0.2, 0.25) is 0 Å². The lowest BCUT2D eigenvalue weighted by molar-refractivity contribution is -0.121. The molecule has 2 N–H and O–H groups in total. The van der Waals surface area contributed by atoms with Crippen LogP contribution in [0.2, 0.25) is 0 Å². The van der Waals surface area contributed by atoms with Crippen LogP contribution in [0.15, 0.2) is 52.9 Å². The number of hydrogen-bond acceptors (Lipinski definition) is 4. The highest BCUT2D eigenvalue weighted by Crippen LogP contribution is 2.28. The maximum Gasteiger partial charge on any atom is 0.150 e. The Hall–Kier alpha value is -1.82. The molecule has 0 bridgehead atoms. The second-order valence-corrected chi connectivity index (χ2v) is 8.74. The van der Waals surface area contributed by atoms with E-state index in [-0.39, 0.29) is 6.04 Å². The van der Waals surface area contributed by atoms with E-state index >= 15 is 0 Å². The number of nitrogens with one attached hydrogen (secondary N) is 2. The quantitative estimate of drug-likeness (QED) is 0.534. The molecule has 0 saturated heterocycles. The summed E-state index contributed by atoms with van der Waals surface area (Å²) in [6.45, 7) is 0.781. The minimum absolute atomic E-state index is 0.0434. The van der Waals surface area contributed by atoms with Crippen molar-refractivity contribution < 1.29 is 4.79 Å². The summed E-state index contributed by atoms with van der Waals surface area (Å²) in [4.78, 5) is 18.6. The van der Waals surface area contributed by atoms with E-state index in [9.17, 15) is 4.79 Å². The van der Waals surface area contributed by atoms with E-state index in [0.29, 0.717) is 12.2 Å². The summed E-state index contributed by atoms with van der Waals surface area (Å²) in [6.07, 6.45) is 9.67. The molecule has 3 nitrogen and oxygen atoms in total. The molecule has 1 aliphatic rings. The third-order valence-electron chi connectivity index (χ3n) is 5.21. The summed E-state index contributed by atoms with van der Waals surface area (Å²) in [5.74, 6) is 0.335. The number of aromatic amines is 1. The van der Waals surface area contributed by atoms with Gasteiger partial charge in [-0.25, -0.2) is 0 Å². The Labute approximate surface area is 168 Å². The normalized spacial score (nSPS) is 17.2. The lowest BCUT2D eigenvalue weighted by Gasteiger charge is -2.22. The fraction of sp³-hybridized carbons (Fsp3) is 0.318. The molecule has 5 heteroatoms. The van der Waals surface area contributed by atoms with Gasteiger partial charge in [0.15, 0.2) is 0 Å². The van der Waals surface area contributed by atoms with Crippen LogP contribution in [0, 0.1) is 0 Å². The van der Waals surface area contributed by atoms with Gasteiger partial charge < -0.3 is 10.3 Å². The standard InChI is InChI=1S/C22H24N2OS2/c1-26-17-7-8-19-18(13-17)16(14-24-19)4-2-5-21(25)20-12-15(9-10-23-20)22-6-3-11-27-22/h3,6-9,11,13-14,20,23-24H,2,4-5,10,12H2,1H3. The molecule has 0 spiro atoms. The Balaban J connectivity index is 1.34. The summed E-state index contributed by atoms with van der Waals surface area (Å²) in [5.41, 5.74) is 3.79. The number of rotatable bonds is 7. The van der Waals surface area contributed by atoms with E-state index in [0.717, 1.165) is 25.8 Å². The van der Waals surface area contributed by atoms with Crippen molar-refractivity contribution in [1.29, 1.82) is 0 Å². The molecular formula is C22H24N2OS2. The highest BCUT2D eigenvalue weighted by Gasteiger charge is 2.22. The first-order valence-corrected chi connectivity index (χ1v) is 11.5. The van der Waals surface area contributed by atoms with Gasteiger partial charge in [0, 0.05) is 39.8 Å². The number of Topliss-reactive ketones (excluding diaryl/α,β-unsaturated/α-hetero) is 1. The van der Waals surface area contributed by atoms with Crippen molar-refractivity contribution in [3.05, 3.63) is 58.4 Å². The Morgan fingerprint density at radius 2 is 2.26 bits per heavy atom. The van der Waals surface area contributed by atoms with Gasteiger partial charge in [0.1, 0.15) is 5.78 Å². The second-order valence-electron chi connectivity index (χ2n) is 6.92. The van der Waals surface area contributed by atoms with E-state index in [1.807, 2.05) is 0 Å². The highest BCUT2D eigenvalue weighted by molar-refractivity contribution is 7.98. The molecule has 0 saturated carbocycles. The number of thiophene rings is 1. The van der Waals surface area contributed by atoms with Gasteiger partial charge in [0.25, 0.3) is 0 Å². The van der Waals surface area contributed by atoms with E-state index < -0.39 is 0 Å². The van der Waals surface area contributed by atoms with E-state index in [1.165, 1.54) is 31.8 Å². The summed E-state index contributed by atoms with van der Waals surface area (Å²) in [5, 5.41) is 6.75. The molecule has 1 aliphatic heterocycles. The fourth-order valence-electron chi connectivity index (χ4n) is 3.71. The number of carbonyl (C=O) groups is 1. The Morgan fingerprint density at radius 1 is 1.33 bits per heavy atom. The summed E-state index contributed by atoms with van der Waals surface area (Å²) < 4.78 is 0. The first-order valence-electron chi connectivity index (χ1n) is 9.37. The van der Waals surface area contributed by atoms with Gasteiger partial charge in [-0.1, -0.05) is 12.1 Å². The summed E-state index contributed by atoms with van der Waals surface area (Å²) in [6, 6.07) is 10.7. The van der Waals surface area contributed by atoms with Crippen molar-refractivity contribution >= 4 is 45.4 Å². The number of thioether (sulfide) groups is 1. The van der Waals surface area contributed by atoms with Crippen LogP contribution in [0.3, 0.4) is 0 Å². The van der Waals surface area contributed by atoms with Crippen LogP contribution in [0.1, 0.15) is 29.7 Å². The maximum atomic E-state index is 12.7. The largest absolute Gasteiger partial charge is 0.361 e. The SMILES string of the molecule is CSc1ccc2[nH]cc(CCCC(=O)C3CC(c4cccs4)=CCN3)c2c1. The third-order valence-corrected chi connectivity index (χ3v) is 6.88. The second kappa shape index (κ2) is 8.46. The topological polar surface area (TPSA) is 44.9 Å². The van der Waals surface area contributed by atoms with Crippen LogP contribution in [0.25, 0.3) is 16.5 Å². The highest BCUT2D eigenvalue weighted by atomic mass is 32.2. The van der Waals surface area contributed by atoms with Crippen molar-refractivity contribution in [2.45, 2.75) is 36.6 Å². The third kappa shape index (κ3) is 4.21. The molecule has 1 atom stereocenters. The molecule has 0 amide bonds. The van der Waals surface area contributed by atoms with Crippen LogP contribution in [-0.2, 0) is 11.2 Å². The zero-order valence-electron chi connectivity index (χ0n) is 15.5. The van der Waals surface area contributed by atoms with Crippen LogP contribution in [0.4, 0.5) is 0 Å². The molecule has 0 radical (unpaired) electrons. The summed E-state index contributed by atoms with van der Waals surface area (Å²) >= 11 is 3.51. The van der Waals surface area contributed by atoms with Gasteiger partial charge in [-0.3, -0.25) is 4.79 Å². The van der Waals surface area contributed by atoms with Crippen LogP contribution >= 0.6 is 23.1 Å². The zero-order chi connectivity index (χ0) is 18.6. The van der Waals surface area contributed by atoms with Crippen molar-refractivity contribution in [3.8, 4) is 0 Å². The molecule has 4 rings (SSSR count).